The predicted molar refractivity (Wildman–Crippen MR) is 126 cm³/mol. The topological polar surface area (TPSA) is 52.7 Å². The minimum absolute atomic E-state index is 0.0557. The SMILES string of the molecule is OCC=C(C1CCN(c2nc3ccccc3o2)CC1)N1CCCCc2cc(Cl)ccc21. The van der Waals surface area contributed by atoms with E-state index in [0.717, 1.165) is 67.9 Å². The zero-order chi connectivity index (χ0) is 21.2. The Hall–Kier alpha value is -2.50. The maximum absolute atomic E-state index is 9.81. The van der Waals surface area contributed by atoms with Gasteiger partial charge in [0.15, 0.2) is 5.58 Å². The van der Waals surface area contributed by atoms with Gasteiger partial charge in [0.05, 0.1) is 6.61 Å². The van der Waals surface area contributed by atoms with Crippen LogP contribution in [0.2, 0.25) is 5.02 Å². The standard InChI is InChI=1S/C25H28ClN3O2/c26-20-8-9-22-19(17-20)5-3-4-13-29(22)23(12-16-30)18-10-14-28(15-11-18)25-27-21-6-1-2-7-24(21)31-25/h1-2,6-9,12,17-18,30H,3-5,10-11,13-16H2. The highest BCUT2D eigenvalue weighted by Crippen LogP contribution is 2.37. The van der Waals surface area contributed by atoms with Crippen LogP contribution in [0.25, 0.3) is 11.1 Å². The van der Waals surface area contributed by atoms with Crippen molar-refractivity contribution < 1.29 is 9.52 Å². The molecule has 162 valence electrons. The van der Waals surface area contributed by atoms with Gasteiger partial charge in [-0.05, 0) is 74.1 Å². The molecule has 3 heterocycles. The average molecular weight is 438 g/mol. The van der Waals surface area contributed by atoms with Crippen LogP contribution in [0.1, 0.15) is 31.2 Å². The summed E-state index contributed by atoms with van der Waals surface area (Å²) in [4.78, 5) is 9.33. The summed E-state index contributed by atoms with van der Waals surface area (Å²) in [5, 5.41) is 10.6. The molecule has 5 nitrogen and oxygen atoms in total. The van der Waals surface area contributed by atoms with E-state index in [2.05, 4.69) is 26.9 Å². The zero-order valence-corrected chi connectivity index (χ0v) is 18.4. The Morgan fingerprint density at radius 1 is 1.13 bits per heavy atom. The van der Waals surface area contributed by atoms with Crippen LogP contribution in [0.5, 0.6) is 0 Å². The number of fused-ring (bicyclic) bond motifs is 2. The largest absolute Gasteiger partial charge is 0.423 e. The number of rotatable bonds is 4. The molecule has 0 spiro atoms. The Morgan fingerprint density at radius 3 is 2.77 bits per heavy atom. The lowest BCUT2D eigenvalue weighted by Crippen LogP contribution is -2.38. The molecule has 1 aromatic heterocycles. The number of aliphatic hydroxyl groups is 1. The molecule has 3 aromatic rings. The summed E-state index contributed by atoms with van der Waals surface area (Å²) in [6.07, 6.45) is 7.36. The lowest BCUT2D eigenvalue weighted by molar-refractivity contribution is 0.337. The molecule has 5 rings (SSSR count). The number of benzene rings is 2. The van der Waals surface area contributed by atoms with Crippen LogP contribution in [0.15, 0.2) is 58.7 Å². The van der Waals surface area contributed by atoms with Gasteiger partial charge in [-0.2, -0.15) is 4.98 Å². The maximum Gasteiger partial charge on any atom is 0.298 e. The fourth-order valence-corrected chi connectivity index (χ4v) is 5.14. The normalized spacial score (nSPS) is 18.3. The molecular formula is C25H28ClN3O2. The van der Waals surface area contributed by atoms with E-state index in [9.17, 15) is 5.11 Å². The summed E-state index contributed by atoms with van der Waals surface area (Å²) in [5.41, 5.74) is 5.52. The number of hydrogen-bond donors (Lipinski definition) is 1. The van der Waals surface area contributed by atoms with Gasteiger partial charge < -0.3 is 19.3 Å². The van der Waals surface area contributed by atoms with Crippen LogP contribution in [0.3, 0.4) is 0 Å². The highest BCUT2D eigenvalue weighted by atomic mass is 35.5. The van der Waals surface area contributed by atoms with Gasteiger partial charge in [0.1, 0.15) is 5.52 Å². The van der Waals surface area contributed by atoms with Crippen LogP contribution in [0, 0.1) is 5.92 Å². The lowest BCUT2D eigenvalue weighted by atomic mass is 9.91. The van der Waals surface area contributed by atoms with Gasteiger partial charge in [0.25, 0.3) is 6.01 Å². The van der Waals surface area contributed by atoms with Crippen LogP contribution in [-0.2, 0) is 6.42 Å². The Kier molecular flexibility index (Phi) is 5.88. The molecule has 0 amide bonds. The van der Waals surface area contributed by atoms with E-state index in [1.807, 2.05) is 36.4 Å². The highest BCUT2D eigenvalue weighted by Gasteiger charge is 2.29. The van der Waals surface area contributed by atoms with Gasteiger partial charge in [-0.25, -0.2) is 0 Å². The number of aromatic nitrogens is 1. The molecule has 1 fully saturated rings. The Bertz CT molecular complexity index is 1050. The van der Waals surface area contributed by atoms with E-state index in [-0.39, 0.29) is 6.61 Å². The number of piperidine rings is 1. The third-order valence-corrected chi connectivity index (χ3v) is 6.72. The average Bonchev–Trinajstić information content (AvgIpc) is 3.12. The van der Waals surface area contributed by atoms with Crippen molar-refractivity contribution >= 4 is 34.4 Å². The van der Waals surface area contributed by atoms with E-state index in [4.69, 9.17) is 16.0 Å². The second-order valence-corrected chi connectivity index (χ2v) is 8.86. The summed E-state index contributed by atoms with van der Waals surface area (Å²) in [7, 11) is 0. The van der Waals surface area contributed by atoms with Crippen LogP contribution >= 0.6 is 11.6 Å². The van der Waals surface area contributed by atoms with Crippen molar-refractivity contribution in [3.63, 3.8) is 0 Å². The maximum atomic E-state index is 9.81. The van der Waals surface area contributed by atoms with E-state index in [0.29, 0.717) is 11.9 Å². The van der Waals surface area contributed by atoms with E-state index in [1.54, 1.807) is 0 Å². The number of halogens is 1. The first-order chi connectivity index (χ1) is 15.2. The van der Waals surface area contributed by atoms with Gasteiger partial charge in [-0.1, -0.05) is 23.7 Å². The van der Waals surface area contributed by atoms with Gasteiger partial charge in [-0.15, -0.1) is 0 Å². The van der Waals surface area contributed by atoms with Crippen molar-refractivity contribution in [2.24, 2.45) is 5.92 Å². The van der Waals surface area contributed by atoms with Crippen LogP contribution in [0.4, 0.5) is 11.7 Å². The molecule has 2 aromatic carbocycles. The molecule has 1 saturated heterocycles. The summed E-state index contributed by atoms with van der Waals surface area (Å²) in [6, 6.07) is 14.8. The Balaban J connectivity index is 1.36. The number of allylic oxidation sites excluding steroid dienone is 1. The van der Waals surface area contributed by atoms with Gasteiger partial charge in [0, 0.05) is 42.0 Å². The van der Waals surface area contributed by atoms with Crippen molar-refractivity contribution in [1.29, 1.82) is 0 Å². The van der Waals surface area contributed by atoms with Crippen molar-refractivity contribution in [3.8, 4) is 0 Å². The molecule has 0 radical (unpaired) electrons. The van der Waals surface area contributed by atoms with Gasteiger partial charge in [-0.3, -0.25) is 0 Å². The van der Waals surface area contributed by atoms with Crippen LogP contribution in [-0.4, -0.2) is 36.3 Å². The number of para-hydroxylation sites is 2. The molecule has 0 atom stereocenters. The minimum atomic E-state index is 0.0557. The van der Waals surface area contributed by atoms with Crippen molar-refractivity contribution in [2.75, 3.05) is 36.0 Å². The molecule has 2 aliphatic heterocycles. The second-order valence-electron chi connectivity index (χ2n) is 8.42. The summed E-state index contributed by atoms with van der Waals surface area (Å²) < 4.78 is 5.98. The molecule has 31 heavy (non-hydrogen) atoms. The first kappa shape index (κ1) is 20.4. The molecule has 1 N–H and O–H groups in total. The number of anilines is 2. The molecule has 2 aliphatic rings. The van der Waals surface area contributed by atoms with Gasteiger partial charge >= 0.3 is 0 Å². The first-order valence-corrected chi connectivity index (χ1v) is 11.6. The van der Waals surface area contributed by atoms with Crippen molar-refractivity contribution in [1.82, 2.24) is 4.98 Å². The quantitative estimate of drug-likeness (QED) is 0.590. The smallest absolute Gasteiger partial charge is 0.298 e. The van der Waals surface area contributed by atoms with Crippen LogP contribution < -0.4 is 9.80 Å². The molecule has 0 bridgehead atoms. The number of aryl methyl sites for hydroxylation is 1. The predicted octanol–water partition coefficient (Wildman–Crippen LogP) is 5.42. The zero-order valence-electron chi connectivity index (χ0n) is 17.6. The number of aliphatic hydroxyl groups excluding tert-OH is 1. The fraction of sp³-hybridized carbons (Fsp3) is 0.400. The molecule has 0 unspecified atom stereocenters. The van der Waals surface area contributed by atoms with Crippen molar-refractivity contribution in [2.45, 2.75) is 32.1 Å². The third kappa shape index (κ3) is 4.17. The Morgan fingerprint density at radius 2 is 1.97 bits per heavy atom. The van der Waals surface area contributed by atoms with E-state index >= 15 is 0 Å². The summed E-state index contributed by atoms with van der Waals surface area (Å²) in [6.45, 7) is 2.81. The third-order valence-electron chi connectivity index (χ3n) is 6.49. The van der Waals surface area contributed by atoms with E-state index < -0.39 is 0 Å². The number of nitrogens with zero attached hydrogens (tertiary/aromatic N) is 3. The second kappa shape index (κ2) is 8.93. The Labute approximate surface area is 187 Å². The monoisotopic (exact) mass is 437 g/mol. The first-order valence-electron chi connectivity index (χ1n) is 11.2. The molecule has 6 heteroatoms. The van der Waals surface area contributed by atoms with Crippen molar-refractivity contribution in [3.05, 3.63) is 64.8 Å². The highest BCUT2D eigenvalue weighted by molar-refractivity contribution is 6.30. The molecule has 0 aliphatic carbocycles. The summed E-state index contributed by atoms with van der Waals surface area (Å²) >= 11 is 6.28. The fourth-order valence-electron chi connectivity index (χ4n) is 4.94. The summed E-state index contributed by atoms with van der Waals surface area (Å²) in [5.74, 6) is 0.398. The molecular weight excluding hydrogens is 410 g/mol. The molecule has 0 saturated carbocycles. The number of oxazole rings is 1. The van der Waals surface area contributed by atoms with Gasteiger partial charge in [0.2, 0.25) is 0 Å². The number of hydrogen-bond acceptors (Lipinski definition) is 5. The van der Waals surface area contributed by atoms with E-state index in [1.165, 1.54) is 16.9 Å². The minimum Gasteiger partial charge on any atom is -0.423 e. The lowest BCUT2D eigenvalue weighted by Gasteiger charge is -2.37.